The van der Waals surface area contributed by atoms with Crippen LogP contribution in [0.5, 0.6) is 11.6 Å². The molecule has 7 heteroatoms. The Balaban J connectivity index is 1.27. The lowest BCUT2D eigenvalue weighted by Crippen LogP contribution is -2.38. The second-order valence-electron chi connectivity index (χ2n) is 7.63. The second kappa shape index (κ2) is 9.61. The number of nitrogens with zero attached hydrogens (tertiary/aromatic N) is 2. The lowest BCUT2D eigenvalue weighted by Gasteiger charge is -2.29. The fourth-order valence-electron chi connectivity index (χ4n) is 3.90. The molecule has 158 valence electrons. The number of pyridine rings is 1. The molecule has 0 saturated heterocycles. The van der Waals surface area contributed by atoms with Crippen molar-refractivity contribution in [1.82, 2.24) is 10.3 Å². The Hall–Kier alpha value is -3.09. The number of fused-ring (bicyclic) bond motifs is 1. The van der Waals surface area contributed by atoms with E-state index >= 15 is 0 Å². The monoisotopic (exact) mass is 409 g/mol. The smallest absolute Gasteiger partial charge is 0.227 e. The Bertz CT molecular complexity index is 896. The third-order valence-corrected chi connectivity index (χ3v) is 5.50. The molecule has 1 fully saturated rings. The van der Waals surface area contributed by atoms with Crippen molar-refractivity contribution in [3.05, 3.63) is 48.2 Å². The summed E-state index contributed by atoms with van der Waals surface area (Å²) < 4.78 is 11.6. The zero-order valence-electron chi connectivity index (χ0n) is 17.0. The van der Waals surface area contributed by atoms with Crippen molar-refractivity contribution in [3.8, 4) is 11.6 Å². The summed E-state index contributed by atoms with van der Waals surface area (Å²) in [4.78, 5) is 31.0. The molecule has 7 nitrogen and oxygen atoms in total. The van der Waals surface area contributed by atoms with Gasteiger partial charge in [0, 0.05) is 31.1 Å². The zero-order valence-corrected chi connectivity index (χ0v) is 17.0. The summed E-state index contributed by atoms with van der Waals surface area (Å²) in [5, 5.41) is 2.89. The molecule has 2 heterocycles. The van der Waals surface area contributed by atoms with Gasteiger partial charge in [0.2, 0.25) is 17.7 Å². The number of para-hydroxylation sites is 2. The van der Waals surface area contributed by atoms with Gasteiger partial charge in [-0.2, -0.15) is 0 Å². The zero-order chi connectivity index (χ0) is 20.8. The summed E-state index contributed by atoms with van der Waals surface area (Å²) in [6.07, 6.45) is 6.68. The minimum absolute atomic E-state index is 0.0764. The van der Waals surface area contributed by atoms with Crippen molar-refractivity contribution in [3.63, 3.8) is 0 Å². The fraction of sp³-hybridized carbons (Fsp3) is 0.435. The van der Waals surface area contributed by atoms with Crippen LogP contribution in [0.25, 0.3) is 0 Å². The number of ether oxygens (including phenoxy) is 2. The van der Waals surface area contributed by atoms with E-state index in [9.17, 15) is 9.59 Å². The number of nitrogens with one attached hydrogen (secondary N) is 1. The lowest BCUT2D eigenvalue weighted by atomic mass is 10.2. The van der Waals surface area contributed by atoms with Crippen molar-refractivity contribution in [1.29, 1.82) is 0 Å². The first-order chi connectivity index (χ1) is 14.7. The Morgan fingerprint density at radius 1 is 1.13 bits per heavy atom. The van der Waals surface area contributed by atoms with Gasteiger partial charge < -0.3 is 19.7 Å². The van der Waals surface area contributed by atoms with Crippen LogP contribution in [0.4, 0.5) is 5.69 Å². The summed E-state index contributed by atoms with van der Waals surface area (Å²) in [5.74, 6) is 1.05. The summed E-state index contributed by atoms with van der Waals surface area (Å²) in [6.45, 7) is 1.29. The number of hydrogen-bond acceptors (Lipinski definition) is 5. The third kappa shape index (κ3) is 4.90. The number of aromatic nitrogens is 1. The summed E-state index contributed by atoms with van der Waals surface area (Å²) in [6, 6.07) is 11.2. The van der Waals surface area contributed by atoms with Crippen LogP contribution in [0.3, 0.4) is 0 Å². The van der Waals surface area contributed by atoms with Crippen LogP contribution in [0.15, 0.2) is 42.6 Å². The van der Waals surface area contributed by atoms with Crippen molar-refractivity contribution in [2.75, 3.05) is 18.1 Å². The van der Waals surface area contributed by atoms with Gasteiger partial charge >= 0.3 is 0 Å². The summed E-state index contributed by atoms with van der Waals surface area (Å²) in [5.41, 5.74) is 1.62. The molecule has 1 saturated carbocycles. The van der Waals surface area contributed by atoms with E-state index < -0.39 is 0 Å². The maximum absolute atomic E-state index is 12.6. The highest BCUT2D eigenvalue weighted by atomic mass is 16.5. The van der Waals surface area contributed by atoms with E-state index in [4.69, 9.17) is 9.47 Å². The molecule has 1 aromatic heterocycles. The molecule has 2 amide bonds. The average molecular weight is 409 g/mol. The predicted octanol–water partition coefficient (Wildman–Crippen LogP) is 3.23. The largest absolute Gasteiger partial charge is 0.490 e. The molecule has 2 aliphatic rings. The Kier molecular flexibility index (Phi) is 6.47. The molecule has 1 aliphatic carbocycles. The van der Waals surface area contributed by atoms with Gasteiger partial charge in [0.15, 0.2) is 0 Å². The molecular formula is C23H27N3O4. The number of carbonyl (C=O) groups is 2. The average Bonchev–Trinajstić information content (AvgIpc) is 3.29. The highest BCUT2D eigenvalue weighted by molar-refractivity contribution is 5.97. The van der Waals surface area contributed by atoms with E-state index in [0.29, 0.717) is 31.3 Å². The van der Waals surface area contributed by atoms with E-state index in [1.54, 1.807) is 11.1 Å². The maximum atomic E-state index is 12.6. The van der Waals surface area contributed by atoms with E-state index in [0.717, 1.165) is 24.1 Å². The number of hydrogen-bond donors (Lipinski definition) is 1. The SMILES string of the molecule is O=C(CCC(=O)N1CCOc2ccccc21)NCc1cccnc1OC1CCCC1. The minimum atomic E-state index is -0.166. The molecule has 1 aromatic carbocycles. The molecule has 0 atom stereocenters. The van der Waals surface area contributed by atoms with E-state index in [1.165, 1.54) is 12.8 Å². The first-order valence-electron chi connectivity index (χ1n) is 10.6. The standard InChI is InChI=1S/C23H27N3O4/c27-21(11-12-22(28)26-14-15-29-20-10-4-3-9-19(20)26)25-16-17-6-5-13-24-23(17)30-18-7-1-2-8-18/h3-6,9-10,13,18H,1-2,7-8,11-12,14-16H2,(H,25,27). The van der Waals surface area contributed by atoms with Gasteiger partial charge in [0.05, 0.1) is 12.2 Å². The number of amides is 2. The van der Waals surface area contributed by atoms with Crippen molar-refractivity contribution in [2.45, 2.75) is 51.2 Å². The van der Waals surface area contributed by atoms with Crippen LogP contribution in [-0.2, 0) is 16.1 Å². The molecular weight excluding hydrogens is 382 g/mol. The molecule has 0 radical (unpaired) electrons. The van der Waals surface area contributed by atoms with E-state index in [-0.39, 0.29) is 30.8 Å². The highest BCUT2D eigenvalue weighted by Gasteiger charge is 2.23. The molecule has 1 N–H and O–H groups in total. The third-order valence-electron chi connectivity index (χ3n) is 5.50. The summed E-state index contributed by atoms with van der Waals surface area (Å²) >= 11 is 0. The van der Waals surface area contributed by atoms with Gasteiger partial charge in [-0.1, -0.05) is 18.2 Å². The van der Waals surface area contributed by atoms with Gasteiger partial charge in [-0.15, -0.1) is 0 Å². The Morgan fingerprint density at radius 2 is 1.97 bits per heavy atom. The molecule has 30 heavy (non-hydrogen) atoms. The predicted molar refractivity (Wildman–Crippen MR) is 112 cm³/mol. The summed E-state index contributed by atoms with van der Waals surface area (Å²) in [7, 11) is 0. The van der Waals surface area contributed by atoms with Gasteiger partial charge in [-0.05, 0) is 43.9 Å². The van der Waals surface area contributed by atoms with Crippen LogP contribution in [-0.4, -0.2) is 36.1 Å². The van der Waals surface area contributed by atoms with Crippen LogP contribution < -0.4 is 19.7 Å². The second-order valence-corrected chi connectivity index (χ2v) is 7.63. The number of carbonyl (C=O) groups excluding carboxylic acids is 2. The van der Waals surface area contributed by atoms with Crippen molar-refractivity contribution < 1.29 is 19.1 Å². The Labute approximate surface area is 176 Å². The molecule has 1 aliphatic heterocycles. The minimum Gasteiger partial charge on any atom is -0.490 e. The molecule has 4 rings (SSSR count). The molecule has 2 aromatic rings. The van der Waals surface area contributed by atoms with Crippen LogP contribution >= 0.6 is 0 Å². The maximum Gasteiger partial charge on any atom is 0.227 e. The molecule has 0 unspecified atom stereocenters. The normalized spacial score (nSPS) is 15.9. The molecule has 0 bridgehead atoms. The van der Waals surface area contributed by atoms with Crippen LogP contribution in [0, 0.1) is 0 Å². The number of anilines is 1. The topological polar surface area (TPSA) is 80.8 Å². The van der Waals surface area contributed by atoms with Crippen LogP contribution in [0.1, 0.15) is 44.1 Å². The fourth-order valence-corrected chi connectivity index (χ4v) is 3.90. The van der Waals surface area contributed by atoms with Gasteiger partial charge in [-0.25, -0.2) is 4.98 Å². The molecule has 0 spiro atoms. The van der Waals surface area contributed by atoms with E-state index in [1.807, 2.05) is 36.4 Å². The number of rotatable bonds is 7. The Morgan fingerprint density at radius 3 is 2.83 bits per heavy atom. The number of benzene rings is 1. The quantitative estimate of drug-likeness (QED) is 0.759. The van der Waals surface area contributed by atoms with Crippen LogP contribution in [0.2, 0.25) is 0 Å². The van der Waals surface area contributed by atoms with Gasteiger partial charge in [0.1, 0.15) is 18.5 Å². The first-order valence-corrected chi connectivity index (χ1v) is 10.6. The van der Waals surface area contributed by atoms with Crippen molar-refractivity contribution >= 4 is 17.5 Å². The van der Waals surface area contributed by atoms with Gasteiger partial charge in [0.25, 0.3) is 0 Å². The lowest BCUT2D eigenvalue weighted by molar-refractivity contribution is -0.125. The highest BCUT2D eigenvalue weighted by Crippen LogP contribution is 2.31. The first kappa shape index (κ1) is 20.2. The van der Waals surface area contributed by atoms with Gasteiger partial charge in [-0.3, -0.25) is 9.59 Å². The van der Waals surface area contributed by atoms with E-state index in [2.05, 4.69) is 10.3 Å². The van der Waals surface area contributed by atoms with Crippen molar-refractivity contribution in [2.24, 2.45) is 0 Å².